The predicted molar refractivity (Wildman–Crippen MR) is 74.2 cm³/mol. The summed E-state index contributed by atoms with van der Waals surface area (Å²) in [5, 5.41) is 12.3. The number of halogens is 2. The second-order valence-electron chi connectivity index (χ2n) is 4.21. The van der Waals surface area contributed by atoms with Gasteiger partial charge in [-0.3, -0.25) is 0 Å². The van der Waals surface area contributed by atoms with E-state index in [0.29, 0.717) is 13.2 Å². The first-order chi connectivity index (χ1) is 9.36. The highest BCUT2D eigenvalue weighted by Gasteiger charge is 2.20. The Kier molecular flexibility index (Phi) is 6.84. The first-order valence-electron chi connectivity index (χ1n) is 5.92. The first-order valence-corrected chi connectivity index (χ1v) is 7.95. The third kappa shape index (κ3) is 5.34. The van der Waals surface area contributed by atoms with Crippen molar-refractivity contribution in [2.45, 2.75) is 11.0 Å². The third-order valence-electron chi connectivity index (χ3n) is 2.52. The minimum Gasteiger partial charge on any atom is -0.391 e. The van der Waals surface area contributed by atoms with Gasteiger partial charge in [-0.15, -0.1) is 0 Å². The molecule has 0 fully saturated rings. The molecule has 1 aromatic rings. The summed E-state index contributed by atoms with van der Waals surface area (Å²) < 4.78 is 41.8. The van der Waals surface area contributed by atoms with E-state index < -0.39 is 27.5 Å². The summed E-state index contributed by atoms with van der Waals surface area (Å²) in [7, 11) is -2.17. The minimum atomic E-state index is -3.71. The molecule has 0 aliphatic heterocycles. The molecule has 0 saturated carbocycles. The molecule has 0 aliphatic carbocycles. The molecular weight excluding hydrogens is 309 g/mol. The number of hydrogen-bond donors (Lipinski definition) is 2. The summed E-state index contributed by atoms with van der Waals surface area (Å²) in [4.78, 5) is -0.111. The monoisotopic (exact) mass is 325 g/mol. The summed E-state index contributed by atoms with van der Waals surface area (Å²) >= 11 is 5.55. The van der Waals surface area contributed by atoms with E-state index in [2.05, 4.69) is 5.32 Å². The molecule has 5 nitrogen and oxygen atoms in total. The number of aliphatic hydroxyl groups is 1. The van der Waals surface area contributed by atoms with E-state index in [9.17, 15) is 17.9 Å². The van der Waals surface area contributed by atoms with Crippen LogP contribution in [-0.2, 0) is 14.6 Å². The number of benzene rings is 1. The van der Waals surface area contributed by atoms with Crippen LogP contribution in [0.4, 0.5) is 4.39 Å². The Morgan fingerprint density at radius 2 is 2.20 bits per heavy atom. The molecule has 2 N–H and O–H groups in total. The van der Waals surface area contributed by atoms with Crippen molar-refractivity contribution >= 4 is 21.4 Å². The standard InChI is InChI=1S/C12H17ClFNO4S/c1-19-5-4-15-7-9(16)8-20(17,18)10-2-3-12(14)11(13)6-10/h2-3,6,9,15-16H,4-5,7-8H2,1H3. The van der Waals surface area contributed by atoms with E-state index in [0.717, 1.165) is 18.2 Å². The average Bonchev–Trinajstić information content (AvgIpc) is 2.37. The highest BCUT2D eigenvalue weighted by molar-refractivity contribution is 7.91. The largest absolute Gasteiger partial charge is 0.391 e. The molecule has 1 unspecified atom stereocenters. The smallest absolute Gasteiger partial charge is 0.181 e. The molecule has 8 heteroatoms. The Balaban J connectivity index is 2.62. The summed E-state index contributed by atoms with van der Waals surface area (Å²) in [6.45, 7) is 1.10. The molecule has 0 heterocycles. The lowest BCUT2D eigenvalue weighted by Gasteiger charge is -2.12. The van der Waals surface area contributed by atoms with Gasteiger partial charge >= 0.3 is 0 Å². The van der Waals surface area contributed by atoms with Gasteiger partial charge < -0.3 is 15.2 Å². The maximum absolute atomic E-state index is 13.0. The molecule has 1 aromatic carbocycles. The molecule has 0 spiro atoms. The van der Waals surface area contributed by atoms with E-state index in [4.69, 9.17) is 16.3 Å². The van der Waals surface area contributed by atoms with Crippen molar-refractivity contribution in [3.05, 3.63) is 29.0 Å². The van der Waals surface area contributed by atoms with Crippen molar-refractivity contribution in [1.29, 1.82) is 0 Å². The van der Waals surface area contributed by atoms with Gasteiger partial charge in [0.2, 0.25) is 0 Å². The zero-order valence-corrected chi connectivity index (χ0v) is 12.5. The highest BCUT2D eigenvalue weighted by Crippen LogP contribution is 2.20. The minimum absolute atomic E-state index is 0.111. The second kappa shape index (κ2) is 7.90. The number of sulfone groups is 1. The molecule has 20 heavy (non-hydrogen) atoms. The van der Waals surface area contributed by atoms with Crippen molar-refractivity contribution < 1.29 is 22.7 Å². The second-order valence-corrected chi connectivity index (χ2v) is 6.65. The van der Waals surface area contributed by atoms with Crippen LogP contribution in [0, 0.1) is 5.82 Å². The Bertz CT molecular complexity index is 538. The normalized spacial score (nSPS) is 13.4. The number of rotatable bonds is 8. The van der Waals surface area contributed by atoms with E-state index in [1.54, 1.807) is 7.11 Å². The van der Waals surface area contributed by atoms with Gasteiger partial charge in [0, 0.05) is 20.2 Å². The van der Waals surface area contributed by atoms with E-state index in [1.165, 1.54) is 0 Å². The quantitative estimate of drug-likeness (QED) is 0.547. The summed E-state index contributed by atoms with van der Waals surface area (Å²) in [6, 6.07) is 3.15. The van der Waals surface area contributed by atoms with E-state index in [-0.39, 0.29) is 16.5 Å². The maximum Gasteiger partial charge on any atom is 0.181 e. The predicted octanol–water partition coefficient (Wildman–Crippen LogP) is 0.850. The lowest BCUT2D eigenvalue weighted by Crippen LogP contribution is -2.34. The van der Waals surface area contributed by atoms with Crippen LogP contribution in [0.15, 0.2) is 23.1 Å². The van der Waals surface area contributed by atoms with Gasteiger partial charge in [0.05, 0.1) is 28.4 Å². The van der Waals surface area contributed by atoms with Crippen LogP contribution >= 0.6 is 11.6 Å². The fourth-order valence-electron chi connectivity index (χ4n) is 1.52. The SMILES string of the molecule is COCCNCC(O)CS(=O)(=O)c1ccc(F)c(Cl)c1. The lowest BCUT2D eigenvalue weighted by atomic mass is 10.3. The van der Waals surface area contributed by atoms with Crippen molar-refractivity contribution in [1.82, 2.24) is 5.32 Å². The number of ether oxygens (including phenoxy) is 1. The van der Waals surface area contributed by atoms with Gasteiger partial charge in [-0.2, -0.15) is 0 Å². The van der Waals surface area contributed by atoms with Gasteiger partial charge in [0.1, 0.15) is 5.82 Å². The Morgan fingerprint density at radius 3 is 2.80 bits per heavy atom. The molecule has 114 valence electrons. The summed E-state index contributed by atoms with van der Waals surface area (Å²) in [5.41, 5.74) is 0. The van der Waals surface area contributed by atoms with Crippen LogP contribution in [-0.4, -0.2) is 52.2 Å². The van der Waals surface area contributed by atoms with Crippen molar-refractivity contribution in [3.63, 3.8) is 0 Å². The van der Waals surface area contributed by atoms with Gasteiger partial charge in [0.15, 0.2) is 9.84 Å². The van der Waals surface area contributed by atoms with Gasteiger partial charge in [-0.25, -0.2) is 12.8 Å². The topological polar surface area (TPSA) is 75.6 Å². The summed E-state index contributed by atoms with van der Waals surface area (Å²) in [5.74, 6) is -1.15. The Morgan fingerprint density at radius 1 is 1.50 bits per heavy atom. The zero-order valence-electron chi connectivity index (χ0n) is 11.0. The molecular formula is C12H17ClFNO4S. The number of hydrogen-bond acceptors (Lipinski definition) is 5. The maximum atomic E-state index is 13.0. The number of methoxy groups -OCH3 is 1. The molecule has 0 aliphatic rings. The lowest BCUT2D eigenvalue weighted by molar-refractivity contribution is 0.174. The third-order valence-corrected chi connectivity index (χ3v) is 4.61. The van der Waals surface area contributed by atoms with E-state index >= 15 is 0 Å². The first kappa shape index (κ1) is 17.3. The van der Waals surface area contributed by atoms with Crippen LogP contribution in [0.3, 0.4) is 0 Å². The van der Waals surface area contributed by atoms with Crippen molar-refractivity contribution in [3.8, 4) is 0 Å². The van der Waals surface area contributed by atoms with Crippen molar-refractivity contribution in [2.24, 2.45) is 0 Å². The Hall–Kier alpha value is -0.730. The molecule has 1 rings (SSSR count). The van der Waals surface area contributed by atoms with Crippen LogP contribution in [0.5, 0.6) is 0 Å². The number of nitrogens with one attached hydrogen (secondary N) is 1. The van der Waals surface area contributed by atoms with Gasteiger partial charge in [0.25, 0.3) is 0 Å². The van der Waals surface area contributed by atoms with Crippen LogP contribution < -0.4 is 5.32 Å². The van der Waals surface area contributed by atoms with E-state index in [1.807, 2.05) is 0 Å². The fraction of sp³-hybridized carbons (Fsp3) is 0.500. The van der Waals surface area contributed by atoms with Crippen LogP contribution in [0.1, 0.15) is 0 Å². The highest BCUT2D eigenvalue weighted by atomic mass is 35.5. The molecule has 0 bridgehead atoms. The molecule has 0 amide bonds. The number of aliphatic hydroxyl groups excluding tert-OH is 1. The fourth-order valence-corrected chi connectivity index (χ4v) is 3.16. The van der Waals surface area contributed by atoms with Crippen molar-refractivity contribution in [2.75, 3.05) is 32.6 Å². The molecule has 1 atom stereocenters. The molecule has 0 saturated heterocycles. The van der Waals surface area contributed by atoms with Crippen LogP contribution in [0.25, 0.3) is 0 Å². The zero-order chi connectivity index (χ0) is 15.2. The van der Waals surface area contributed by atoms with Gasteiger partial charge in [-0.05, 0) is 18.2 Å². The Labute approximate surface area is 122 Å². The van der Waals surface area contributed by atoms with Crippen LogP contribution in [0.2, 0.25) is 5.02 Å². The average molecular weight is 326 g/mol. The molecule has 0 aromatic heterocycles. The molecule has 0 radical (unpaired) electrons. The summed E-state index contributed by atoms with van der Waals surface area (Å²) in [6.07, 6.45) is -1.07. The van der Waals surface area contributed by atoms with Gasteiger partial charge in [-0.1, -0.05) is 11.6 Å².